The molecule has 1 heterocycles. The van der Waals surface area contributed by atoms with Crippen LogP contribution in [0.1, 0.15) is 39.7 Å². The molecule has 0 aliphatic heterocycles. The summed E-state index contributed by atoms with van der Waals surface area (Å²) in [5, 5.41) is 4.20. The molecule has 0 amide bonds. The minimum Gasteiger partial charge on any atom is -0.496 e. The summed E-state index contributed by atoms with van der Waals surface area (Å²) < 4.78 is 14.0. The number of benzene rings is 2. The van der Waals surface area contributed by atoms with Crippen LogP contribution in [0.5, 0.6) is 11.5 Å². The summed E-state index contributed by atoms with van der Waals surface area (Å²) >= 11 is 3.40. The summed E-state index contributed by atoms with van der Waals surface area (Å²) in [4.78, 5) is 12.6. The number of carbonyl (C=O) groups excluding carboxylic acids is 1. The quantitative estimate of drug-likeness (QED) is 0.311. The molecule has 5 nitrogen and oxygen atoms in total. The highest BCUT2D eigenvalue weighted by molar-refractivity contribution is 9.10. The Kier molecular flexibility index (Phi) is 7.11. The van der Waals surface area contributed by atoms with Crippen molar-refractivity contribution >= 4 is 27.8 Å². The van der Waals surface area contributed by atoms with Gasteiger partial charge in [-0.25, -0.2) is 0 Å². The predicted molar refractivity (Wildman–Crippen MR) is 122 cm³/mol. The van der Waals surface area contributed by atoms with Crippen molar-refractivity contribution < 1.29 is 14.3 Å². The van der Waals surface area contributed by atoms with E-state index < -0.39 is 0 Å². The number of aryl methyl sites for hydroxylation is 3. The lowest BCUT2D eigenvalue weighted by atomic mass is 10.1. The lowest BCUT2D eigenvalue weighted by Gasteiger charge is -2.14. The summed E-state index contributed by atoms with van der Waals surface area (Å²) in [6.45, 7) is 7.01. The minimum atomic E-state index is -0.106. The molecule has 6 heteroatoms. The molecule has 0 N–H and O–H groups in total. The highest BCUT2D eigenvalue weighted by atomic mass is 79.9. The number of hydrogen-bond donors (Lipinski definition) is 0. The first-order valence-corrected chi connectivity index (χ1v) is 10.5. The van der Waals surface area contributed by atoms with Gasteiger partial charge in [0.05, 0.1) is 17.8 Å². The smallest absolute Gasteiger partial charge is 0.205 e. The van der Waals surface area contributed by atoms with E-state index in [1.165, 1.54) is 0 Å². The summed E-state index contributed by atoms with van der Waals surface area (Å²) in [6, 6.07) is 11.9. The van der Waals surface area contributed by atoms with E-state index in [1.54, 1.807) is 30.1 Å². The van der Waals surface area contributed by atoms with Crippen LogP contribution in [0.4, 0.5) is 0 Å². The maximum atomic E-state index is 12.6. The fourth-order valence-corrected chi connectivity index (χ4v) is 3.78. The maximum Gasteiger partial charge on any atom is 0.205 e. The van der Waals surface area contributed by atoms with Crippen LogP contribution in [-0.4, -0.2) is 22.7 Å². The maximum absolute atomic E-state index is 12.6. The summed E-state index contributed by atoms with van der Waals surface area (Å²) in [5.74, 6) is 1.52. The fraction of sp³-hybridized carbons (Fsp3) is 0.250. The molecular weight excluding hydrogens is 444 g/mol. The molecule has 3 aromatic rings. The van der Waals surface area contributed by atoms with Gasteiger partial charge in [0.1, 0.15) is 23.8 Å². The van der Waals surface area contributed by atoms with Crippen molar-refractivity contribution in [2.24, 2.45) is 0 Å². The van der Waals surface area contributed by atoms with Gasteiger partial charge in [-0.05, 0) is 71.6 Å². The Hall–Kier alpha value is -2.86. The highest BCUT2D eigenvalue weighted by Crippen LogP contribution is 2.27. The van der Waals surface area contributed by atoms with E-state index in [4.69, 9.17) is 9.47 Å². The molecule has 2 aromatic carbocycles. The van der Waals surface area contributed by atoms with Crippen LogP contribution in [-0.2, 0) is 13.2 Å². The number of allylic oxidation sites excluding steroid dienone is 1. The molecule has 0 spiro atoms. The molecule has 3 rings (SSSR count). The normalized spacial score (nSPS) is 11.1. The molecule has 0 unspecified atom stereocenters. The number of aromatic nitrogens is 2. The second kappa shape index (κ2) is 9.76. The molecule has 156 valence electrons. The molecule has 0 aliphatic carbocycles. The molecule has 1 aromatic heterocycles. The van der Waals surface area contributed by atoms with Gasteiger partial charge in [0.15, 0.2) is 0 Å². The first kappa shape index (κ1) is 21.8. The van der Waals surface area contributed by atoms with Crippen molar-refractivity contribution in [3.05, 3.63) is 81.1 Å². The molecule has 0 radical (unpaired) electrons. The van der Waals surface area contributed by atoms with Crippen molar-refractivity contribution in [3.63, 3.8) is 0 Å². The lowest BCUT2D eigenvalue weighted by molar-refractivity contribution is 0.103. The molecule has 0 atom stereocenters. The van der Waals surface area contributed by atoms with Crippen LogP contribution in [0.25, 0.3) is 6.08 Å². The number of ketones is 1. The second-order valence-corrected chi connectivity index (χ2v) is 7.79. The third-order valence-electron chi connectivity index (χ3n) is 4.84. The van der Waals surface area contributed by atoms with E-state index in [-0.39, 0.29) is 5.78 Å². The van der Waals surface area contributed by atoms with E-state index >= 15 is 0 Å². The first-order valence-electron chi connectivity index (χ1n) is 9.74. The zero-order valence-corrected chi connectivity index (χ0v) is 19.2. The molecule has 0 fully saturated rings. The van der Waals surface area contributed by atoms with Gasteiger partial charge in [-0.2, -0.15) is 5.10 Å². The zero-order valence-electron chi connectivity index (χ0n) is 17.6. The summed E-state index contributed by atoms with van der Waals surface area (Å²) in [7, 11) is 1.64. The van der Waals surface area contributed by atoms with Crippen LogP contribution in [0.15, 0.2) is 53.1 Å². The van der Waals surface area contributed by atoms with Gasteiger partial charge in [0.25, 0.3) is 0 Å². The SMILES string of the molecule is CCn1ncc(Br)c1C(=O)/C=C/c1ccc(OC)c(COc2c(C)cccc2C)c1. The standard InChI is InChI=1S/C24H25BrN2O3/c1-5-27-23(20(25)14-26-27)21(28)11-9-18-10-12-22(29-4)19(13-18)15-30-24-16(2)7-6-8-17(24)3/h6-14H,5,15H2,1-4H3/b11-9+. The third-order valence-corrected chi connectivity index (χ3v) is 5.42. The van der Waals surface area contributed by atoms with Crippen LogP contribution >= 0.6 is 15.9 Å². The van der Waals surface area contributed by atoms with E-state index in [9.17, 15) is 4.79 Å². The van der Waals surface area contributed by atoms with Crippen LogP contribution in [0, 0.1) is 13.8 Å². The summed E-state index contributed by atoms with van der Waals surface area (Å²) in [6.07, 6.45) is 5.00. The molecule has 0 aliphatic rings. The third kappa shape index (κ3) is 4.82. The van der Waals surface area contributed by atoms with Gasteiger partial charge < -0.3 is 9.47 Å². The van der Waals surface area contributed by atoms with E-state index in [0.717, 1.165) is 33.8 Å². The molecule has 0 bridgehead atoms. The van der Waals surface area contributed by atoms with Gasteiger partial charge >= 0.3 is 0 Å². The van der Waals surface area contributed by atoms with Crippen molar-refractivity contribution in [1.29, 1.82) is 0 Å². The predicted octanol–water partition coefficient (Wildman–Crippen LogP) is 5.77. The Labute approximate surface area is 185 Å². The Morgan fingerprint density at radius 1 is 1.20 bits per heavy atom. The lowest BCUT2D eigenvalue weighted by Crippen LogP contribution is -2.07. The summed E-state index contributed by atoms with van der Waals surface area (Å²) in [5.41, 5.74) is 4.53. The molecule has 30 heavy (non-hydrogen) atoms. The van der Waals surface area contributed by atoms with Crippen molar-refractivity contribution in [2.75, 3.05) is 7.11 Å². The average molecular weight is 469 g/mol. The van der Waals surface area contributed by atoms with Crippen LogP contribution < -0.4 is 9.47 Å². The number of hydrogen-bond acceptors (Lipinski definition) is 4. The Balaban J connectivity index is 1.81. The van der Waals surface area contributed by atoms with Gasteiger partial charge in [0.2, 0.25) is 5.78 Å². The monoisotopic (exact) mass is 468 g/mol. The number of methoxy groups -OCH3 is 1. The minimum absolute atomic E-state index is 0.106. The van der Waals surface area contributed by atoms with Gasteiger partial charge in [0, 0.05) is 12.1 Å². The number of halogens is 1. The first-order chi connectivity index (χ1) is 14.4. The zero-order chi connectivity index (χ0) is 21.7. The number of rotatable bonds is 8. The van der Waals surface area contributed by atoms with E-state index in [1.807, 2.05) is 57.2 Å². The van der Waals surface area contributed by atoms with Crippen molar-refractivity contribution in [2.45, 2.75) is 33.9 Å². The number of para-hydroxylation sites is 1. The van der Waals surface area contributed by atoms with Gasteiger partial charge in [-0.3, -0.25) is 9.48 Å². The fourth-order valence-electron chi connectivity index (χ4n) is 3.29. The van der Waals surface area contributed by atoms with Crippen LogP contribution in [0.3, 0.4) is 0 Å². The van der Waals surface area contributed by atoms with E-state index in [2.05, 4.69) is 21.0 Å². The molecule has 0 saturated carbocycles. The molecular formula is C24H25BrN2O3. The average Bonchev–Trinajstić information content (AvgIpc) is 3.12. The van der Waals surface area contributed by atoms with Crippen molar-refractivity contribution in [3.8, 4) is 11.5 Å². The largest absolute Gasteiger partial charge is 0.496 e. The van der Waals surface area contributed by atoms with Crippen LogP contribution in [0.2, 0.25) is 0 Å². The Bertz CT molecular complexity index is 1070. The Morgan fingerprint density at radius 3 is 2.60 bits per heavy atom. The topological polar surface area (TPSA) is 53.4 Å². The van der Waals surface area contributed by atoms with Gasteiger partial charge in [-0.1, -0.05) is 30.3 Å². The number of carbonyl (C=O) groups is 1. The molecule has 0 saturated heterocycles. The highest BCUT2D eigenvalue weighted by Gasteiger charge is 2.14. The number of ether oxygens (including phenoxy) is 2. The van der Waals surface area contributed by atoms with Gasteiger partial charge in [-0.15, -0.1) is 0 Å². The van der Waals surface area contributed by atoms with Crippen molar-refractivity contribution in [1.82, 2.24) is 9.78 Å². The second-order valence-electron chi connectivity index (χ2n) is 6.94. The number of nitrogens with zero attached hydrogens (tertiary/aromatic N) is 2. The van der Waals surface area contributed by atoms with E-state index in [0.29, 0.717) is 23.3 Å². The Morgan fingerprint density at radius 2 is 1.93 bits per heavy atom.